The molecule has 1 fully saturated rings. The van der Waals surface area contributed by atoms with Crippen LogP contribution in [0, 0.1) is 5.92 Å². The first-order chi connectivity index (χ1) is 11.5. The van der Waals surface area contributed by atoms with E-state index in [2.05, 4.69) is 39.5 Å². The molecule has 6 nitrogen and oxygen atoms in total. The summed E-state index contributed by atoms with van der Waals surface area (Å²) in [6.45, 7) is 4.91. The number of carbonyl (C=O) groups is 1. The van der Waals surface area contributed by atoms with Crippen molar-refractivity contribution in [3.05, 3.63) is 52.7 Å². The van der Waals surface area contributed by atoms with Crippen LogP contribution in [0.4, 0.5) is 5.82 Å². The molecule has 0 spiro atoms. The summed E-state index contributed by atoms with van der Waals surface area (Å²) >= 11 is 5.80. The quantitative estimate of drug-likeness (QED) is 0.867. The molecule has 0 bridgehead atoms. The van der Waals surface area contributed by atoms with E-state index in [1.807, 2.05) is 18.2 Å². The number of nitrogens with one attached hydrogen (secondary N) is 1. The van der Waals surface area contributed by atoms with Crippen molar-refractivity contribution in [3.8, 4) is 0 Å². The van der Waals surface area contributed by atoms with Crippen LogP contribution in [-0.4, -0.2) is 40.1 Å². The van der Waals surface area contributed by atoms with Crippen molar-refractivity contribution in [3.63, 3.8) is 0 Å². The van der Waals surface area contributed by atoms with Gasteiger partial charge >= 0.3 is 0 Å². The van der Waals surface area contributed by atoms with E-state index < -0.39 is 5.91 Å². The minimum absolute atomic E-state index is 0.152. The van der Waals surface area contributed by atoms with Gasteiger partial charge in [0.15, 0.2) is 11.0 Å². The molecule has 1 aliphatic heterocycles. The Bertz CT molecular complexity index is 724. The van der Waals surface area contributed by atoms with Crippen LogP contribution in [-0.2, 0) is 6.54 Å². The molecule has 1 aromatic heterocycles. The SMILES string of the molecule is CC1CN(Cc2ccccc2)CC1Nc1nnc(Cl)cc1C(N)=O. The summed E-state index contributed by atoms with van der Waals surface area (Å²) < 4.78 is 0. The summed E-state index contributed by atoms with van der Waals surface area (Å²) in [6, 6.07) is 12.0. The Labute approximate surface area is 146 Å². The molecule has 2 unspecified atom stereocenters. The number of nitrogens with two attached hydrogens (primary N) is 1. The Morgan fingerprint density at radius 3 is 2.79 bits per heavy atom. The number of amides is 1. The van der Waals surface area contributed by atoms with Gasteiger partial charge in [-0.1, -0.05) is 48.9 Å². The number of rotatable bonds is 5. The Balaban J connectivity index is 1.69. The number of halogens is 1. The van der Waals surface area contributed by atoms with Gasteiger partial charge in [0.1, 0.15) is 0 Å². The summed E-state index contributed by atoms with van der Waals surface area (Å²) in [7, 11) is 0. The van der Waals surface area contributed by atoms with Crippen LogP contribution >= 0.6 is 11.6 Å². The minimum atomic E-state index is -0.568. The molecule has 1 saturated heterocycles. The number of benzene rings is 1. The Morgan fingerprint density at radius 1 is 1.33 bits per heavy atom. The van der Waals surface area contributed by atoms with Crippen LogP contribution in [0.2, 0.25) is 5.15 Å². The van der Waals surface area contributed by atoms with Crippen molar-refractivity contribution in [2.45, 2.75) is 19.5 Å². The highest BCUT2D eigenvalue weighted by molar-refractivity contribution is 6.29. The van der Waals surface area contributed by atoms with E-state index in [1.165, 1.54) is 11.6 Å². The Hall–Kier alpha value is -2.18. The predicted octanol–water partition coefficient (Wildman–Crippen LogP) is 2.16. The van der Waals surface area contributed by atoms with E-state index in [4.69, 9.17) is 17.3 Å². The fraction of sp³-hybridized carbons (Fsp3) is 0.353. The smallest absolute Gasteiger partial charge is 0.252 e. The molecular formula is C17H20ClN5O. The summed E-state index contributed by atoms with van der Waals surface area (Å²) in [5.41, 5.74) is 6.96. The van der Waals surface area contributed by atoms with Crippen LogP contribution in [0.15, 0.2) is 36.4 Å². The molecule has 3 N–H and O–H groups in total. The van der Waals surface area contributed by atoms with Gasteiger partial charge in [0, 0.05) is 25.7 Å². The summed E-state index contributed by atoms with van der Waals surface area (Å²) in [5, 5.41) is 11.3. The lowest BCUT2D eigenvalue weighted by atomic mass is 10.1. The van der Waals surface area contributed by atoms with Crippen molar-refractivity contribution < 1.29 is 4.79 Å². The zero-order chi connectivity index (χ0) is 17.1. The van der Waals surface area contributed by atoms with Crippen molar-refractivity contribution in [2.24, 2.45) is 11.7 Å². The molecule has 24 heavy (non-hydrogen) atoms. The second-order valence-electron chi connectivity index (χ2n) is 6.20. The molecule has 0 saturated carbocycles. The van der Waals surface area contributed by atoms with Gasteiger partial charge in [0.2, 0.25) is 0 Å². The second kappa shape index (κ2) is 7.15. The van der Waals surface area contributed by atoms with E-state index >= 15 is 0 Å². The molecule has 3 rings (SSSR count). The number of anilines is 1. The zero-order valence-electron chi connectivity index (χ0n) is 13.4. The highest BCUT2D eigenvalue weighted by atomic mass is 35.5. The summed E-state index contributed by atoms with van der Waals surface area (Å²) in [6.07, 6.45) is 0. The number of carbonyl (C=O) groups excluding carboxylic acids is 1. The van der Waals surface area contributed by atoms with Crippen LogP contribution in [0.1, 0.15) is 22.8 Å². The van der Waals surface area contributed by atoms with Crippen molar-refractivity contribution >= 4 is 23.3 Å². The number of primary amides is 1. The zero-order valence-corrected chi connectivity index (χ0v) is 14.2. The number of nitrogens with zero attached hydrogens (tertiary/aromatic N) is 3. The first-order valence-electron chi connectivity index (χ1n) is 7.89. The lowest BCUT2D eigenvalue weighted by Crippen LogP contribution is -2.30. The van der Waals surface area contributed by atoms with Gasteiger partial charge in [0.25, 0.3) is 5.91 Å². The van der Waals surface area contributed by atoms with Gasteiger partial charge in [-0.05, 0) is 17.5 Å². The van der Waals surface area contributed by atoms with E-state index in [0.29, 0.717) is 11.7 Å². The van der Waals surface area contributed by atoms with Crippen molar-refractivity contribution in [1.29, 1.82) is 0 Å². The van der Waals surface area contributed by atoms with Gasteiger partial charge in [-0.3, -0.25) is 9.69 Å². The molecule has 7 heteroatoms. The third-order valence-electron chi connectivity index (χ3n) is 4.29. The van der Waals surface area contributed by atoms with Gasteiger partial charge in [0.05, 0.1) is 5.56 Å². The van der Waals surface area contributed by atoms with Crippen LogP contribution in [0.25, 0.3) is 0 Å². The maximum Gasteiger partial charge on any atom is 0.252 e. The third kappa shape index (κ3) is 3.83. The third-order valence-corrected chi connectivity index (χ3v) is 4.47. The molecule has 0 aliphatic carbocycles. The molecule has 0 radical (unpaired) electrons. The van der Waals surface area contributed by atoms with Crippen molar-refractivity contribution in [1.82, 2.24) is 15.1 Å². The number of hydrogen-bond acceptors (Lipinski definition) is 5. The monoisotopic (exact) mass is 345 g/mol. The maximum absolute atomic E-state index is 11.6. The molecule has 1 amide bonds. The van der Waals surface area contributed by atoms with E-state index in [0.717, 1.165) is 19.6 Å². The maximum atomic E-state index is 11.6. The summed E-state index contributed by atoms with van der Waals surface area (Å²) in [5.74, 6) is 0.235. The molecular weight excluding hydrogens is 326 g/mol. The number of likely N-dealkylation sites (tertiary alicyclic amines) is 1. The van der Waals surface area contributed by atoms with Crippen LogP contribution in [0.5, 0.6) is 0 Å². The molecule has 1 aliphatic rings. The lowest BCUT2D eigenvalue weighted by Gasteiger charge is -2.18. The Morgan fingerprint density at radius 2 is 2.08 bits per heavy atom. The second-order valence-corrected chi connectivity index (χ2v) is 6.59. The Kier molecular flexibility index (Phi) is 4.97. The number of hydrogen-bond donors (Lipinski definition) is 2. The topological polar surface area (TPSA) is 84.1 Å². The molecule has 2 aromatic rings. The first kappa shape index (κ1) is 16.7. The van der Waals surface area contributed by atoms with E-state index in [-0.39, 0.29) is 16.8 Å². The predicted molar refractivity (Wildman–Crippen MR) is 93.9 cm³/mol. The summed E-state index contributed by atoms with van der Waals surface area (Å²) in [4.78, 5) is 14.0. The number of aromatic nitrogens is 2. The fourth-order valence-electron chi connectivity index (χ4n) is 3.06. The average molecular weight is 346 g/mol. The average Bonchev–Trinajstić information content (AvgIpc) is 2.89. The first-order valence-corrected chi connectivity index (χ1v) is 8.26. The van der Waals surface area contributed by atoms with Crippen LogP contribution < -0.4 is 11.1 Å². The highest BCUT2D eigenvalue weighted by Crippen LogP contribution is 2.24. The standard InChI is InChI=1S/C17H20ClN5O/c1-11-8-23(9-12-5-3-2-4-6-12)10-14(11)20-17-13(16(19)24)7-15(18)21-22-17/h2-7,11,14H,8-10H2,1H3,(H2,19,24)(H,20,22). The van der Waals surface area contributed by atoms with Gasteiger partial charge in [-0.15, -0.1) is 10.2 Å². The van der Waals surface area contributed by atoms with E-state index in [1.54, 1.807) is 0 Å². The molecule has 126 valence electrons. The normalized spacial score (nSPS) is 20.9. The molecule has 2 heterocycles. The minimum Gasteiger partial charge on any atom is -0.365 e. The lowest BCUT2D eigenvalue weighted by molar-refractivity contribution is 0.100. The molecule has 1 aromatic carbocycles. The molecule has 2 atom stereocenters. The van der Waals surface area contributed by atoms with Gasteiger partial charge < -0.3 is 11.1 Å². The largest absolute Gasteiger partial charge is 0.365 e. The van der Waals surface area contributed by atoms with Crippen LogP contribution in [0.3, 0.4) is 0 Å². The fourth-order valence-corrected chi connectivity index (χ4v) is 3.21. The highest BCUT2D eigenvalue weighted by Gasteiger charge is 2.30. The van der Waals surface area contributed by atoms with Gasteiger partial charge in [-0.25, -0.2) is 0 Å². The van der Waals surface area contributed by atoms with Gasteiger partial charge in [-0.2, -0.15) is 0 Å². The van der Waals surface area contributed by atoms with E-state index in [9.17, 15) is 4.79 Å². The van der Waals surface area contributed by atoms with Crippen molar-refractivity contribution in [2.75, 3.05) is 18.4 Å².